The van der Waals surface area contributed by atoms with Crippen molar-refractivity contribution in [2.24, 2.45) is 11.8 Å². The third-order valence-corrected chi connectivity index (χ3v) is 4.97. The van der Waals surface area contributed by atoms with Crippen molar-refractivity contribution in [1.29, 1.82) is 0 Å². The monoisotopic (exact) mass is 410 g/mol. The van der Waals surface area contributed by atoms with Gasteiger partial charge in [0.1, 0.15) is 6.54 Å². The van der Waals surface area contributed by atoms with Crippen LogP contribution in [0.5, 0.6) is 0 Å². The van der Waals surface area contributed by atoms with Crippen LogP contribution in [0, 0.1) is 11.8 Å². The first-order chi connectivity index (χ1) is 13.4. The predicted molar refractivity (Wildman–Crippen MR) is 106 cm³/mol. The van der Waals surface area contributed by atoms with Crippen LogP contribution in [-0.4, -0.2) is 47.6 Å². The van der Waals surface area contributed by atoms with Crippen molar-refractivity contribution in [2.45, 2.75) is 32.6 Å². The highest BCUT2D eigenvalue weighted by Crippen LogP contribution is 2.27. The van der Waals surface area contributed by atoms with Crippen LogP contribution in [0.3, 0.4) is 0 Å². The largest absolute Gasteiger partial charge is 0.338 e. The van der Waals surface area contributed by atoms with E-state index in [1.54, 1.807) is 29.7 Å². The van der Waals surface area contributed by atoms with Gasteiger partial charge in [-0.05, 0) is 42.9 Å². The lowest BCUT2D eigenvalue weighted by Gasteiger charge is -2.32. The summed E-state index contributed by atoms with van der Waals surface area (Å²) in [4.78, 5) is 37.5. The van der Waals surface area contributed by atoms with Gasteiger partial charge in [-0.3, -0.25) is 14.8 Å². The van der Waals surface area contributed by atoms with Crippen molar-refractivity contribution in [3.63, 3.8) is 0 Å². The zero-order chi connectivity index (χ0) is 20.5. The van der Waals surface area contributed by atoms with Gasteiger partial charge in [0.05, 0.1) is 0 Å². The smallest absolute Gasteiger partial charge is 0.319 e. The Kier molecular flexibility index (Phi) is 8.53. The highest BCUT2D eigenvalue weighted by atomic mass is 35.5. The van der Waals surface area contributed by atoms with E-state index < -0.39 is 5.91 Å². The van der Waals surface area contributed by atoms with E-state index in [2.05, 4.69) is 10.6 Å². The Morgan fingerprint density at radius 1 is 1.32 bits per heavy atom. The molecule has 4 amide bonds. The van der Waals surface area contributed by atoms with Gasteiger partial charge in [0.2, 0.25) is 5.91 Å². The third kappa shape index (κ3) is 7.36. The fourth-order valence-electron chi connectivity index (χ4n) is 2.96. The first kappa shape index (κ1) is 22.0. The summed E-state index contributed by atoms with van der Waals surface area (Å²) in [6.45, 7) is 2.51. The molecular weight excluding hydrogens is 384 g/mol. The van der Waals surface area contributed by atoms with Crippen molar-refractivity contribution >= 4 is 35.1 Å². The molecule has 154 valence electrons. The lowest BCUT2D eigenvalue weighted by Crippen LogP contribution is -2.44. The second-order valence-electron chi connectivity index (χ2n) is 7.26. The Labute approximate surface area is 169 Å². The van der Waals surface area contributed by atoms with Crippen LogP contribution < -0.4 is 16.1 Å². The number of hydroxylamine groups is 1. The zero-order valence-electron chi connectivity index (χ0n) is 15.9. The summed E-state index contributed by atoms with van der Waals surface area (Å²) in [6.07, 6.45) is 3.43. The summed E-state index contributed by atoms with van der Waals surface area (Å²) in [5, 5.41) is 14.7. The second-order valence-corrected chi connectivity index (χ2v) is 7.70. The number of benzene rings is 1. The molecule has 4 N–H and O–H groups in total. The normalized spacial score (nSPS) is 14.5. The Balaban J connectivity index is 1.78. The lowest BCUT2D eigenvalue weighted by atomic mass is 9.85. The number of anilines is 1. The molecule has 0 aromatic heterocycles. The van der Waals surface area contributed by atoms with Crippen molar-refractivity contribution in [2.75, 3.05) is 25.0 Å². The first-order valence-corrected chi connectivity index (χ1v) is 9.76. The SMILES string of the molecule is CC(CNC(=O)Nc1cccc(Cl)c1)CC(=O)N(CC(=O)NO)CC1CCC1. The van der Waals surface area contributed by atoms with Gasteiger partial charge < -0.3 is 15.5 Å². The summed E-state index contributed by atoms with van der Waals surface area (Å²) in [5.74, 6) is -0.481. The molecule has 1 aromatic carbocycles. The molecule has 8 nitrogen and oxygen atoms in total. The summed E-state index contributed by atoms with van der Waals surface area (Å²) < 4.78 is 0. The fourth-order valence-corrected chi connectivity index (χ4v) is 3.15. The molecule has 0 radical (unpaired) electrons. The molecule has 28 heavy (non-hydrogen) atoms. The van der Waals surface area contributed by atoms with Gasteiger partial charge in [-0.25, -0.2) is 10.3 Å². The number of rotatable bonds is 9. The third-order valence-electron chi connectivity index (χ3n) is 4.73. The van der Waals surface area contributed by atoms with E-state index in [1.807, 2.05) is 6.92 Å². The molecule has 0 bridgehead atoms. The van der Waals surface area contributed by atoms with Crippen LogP contribution in [0.2, 0.25) is 5.02 Å². The average Bonchev–Trinajstić information content (AvgIpc) is 2.61. The molecule has 1 aliphatic rings. The first-order valence-electron chi connectivity index (χ1n) is 9.38. The Bertz CT molecular complexity index is 696. The molecule has 1 saturated carbocycles. The minimum atomic E-state index is -0.612. The number of urea groups is 1. The minimum Gasteiger partial charge on any atom is -0.338 e. The standard InChI is InChI=1S/C19H27ClN4O4/c1-13(10-21-19(27)22-16-7-3-6-15(20)9-16)8-18(26)24(12-17(25)23-28)11-14-4-2-5-14/h3,6-7,9,13-14,28H,2,4-5,8,10-12H2,1H3,(H,23,25)(H2,21,22,27). The van der Waals surface area contributed by atoms with Crippen LogP contribution in [0.15, 0.2) is 24.3 Å². The maximum absolute atomic E-state index is 12.6. The van der Waals surface area contributed by atoms with Crippen LogP contribution in [0.1, 0.15) is 32.6 Å². The van der Waals surface area contributed by atoms with Crippen molar-refractivity contribution in [3.8, 4) is 0 Å². The maximum Gasteiger partial charge on any atom is 0.319 e. The number of amides is 4. The van der Waals surface area contributed by atoms with Crippen molar-refractivity contribution in [3.05, 3.63) is 29.3 Å². The van der Waals surface area contributed by atoms with Crippen LogP contribution in [-0.2, 0) is 9.59 Å². The molecule has 1 fully saturated rings. The number of nitrogens with one attached hydrogen (secondary N) is 3. The molecule has 1 atom stereocenters. The number of nitrogens with zero attached hydrogens (tertiary/aromatic N) is 1. The topological polar surface area (TPSA) is 111 Å². The average molecular weight is 411 g/mol. The van der Waals surface area contributed by atoms with Crippen LogP contribution >= 0.6 is 11.6 Å². The quantitative estimate of drug-likeness (QED) is 0.370. The Hall–Kier alpha value is -2.32. The van der Waals surface area contributed by atoms with Crippen molar-refractivity contribution < 1.29 is 19.6 Å². The van der Waals surface area contributed by atoms with Gasteiger partial charge in [0.15, 0.2) is 0 Å². The van der Waals surface area contributed by atoms with Gasteiger partial charge in [0, 0.05) is 30.2 Å². The molecule has 0 saturated heterocycles. The second kappa shape index (κ2) is 10.9. The van der Waals surface area contributed by atoms with Crippen molar-refractivity contribution in [1.82, 2.24) is 15.7 Å². The molecule has 0 heterocycles. The number of hydrogen-bond donors (Lipinski definition) is 4. The van der Waals surface area contributed by atoms with Gasteiger partial charge >= 0.3 is 6.03 Å². The molecule has 1 aromatic rings. The van der Waals surface area contributed by atoms with E-state index in [1.165, 1.54) is 4.90 Å². The summed E-state index contributed by atoms with van der Waals surface area (Å²) in [5.41, 5.74) is 2.15. The summed E-state index contributed by atoms with van der Waals surface area (Å²) >= 11 is 5.88. The Morgan fingerprint density at radius 2 is 2.07 bits per heavy atom. The molecule has 0 aliphatic heterocycles. The van der Waals surface area contributed by atoms with E-state index >= 15 is 0 Å². The fraction of sp³-hybridized carbons (Fsp3) is 0.526. The van der Waals surface area contributed by atoms with Crippen LogP contribution in [0.25, 0.3) is 0 Å². The van der Waals surface area contributed by atoms with E-state index in [-0.39, 0.29) is 30.8 Å². The van der Waals surface area contributed by atoms with Crippen LogP contribution in [0.4, 0.5) is 10.5 Å². The lowest BCUT2D eigenvalue weighted by molar-refractivity contribution is -0.140. The summed E-state index contributed by atoms with van der Waals surface area (Å²) in [7, 11) is 0. The van der Waals surface area contributed by atoms with E-state index in [9.17, 15) is 14.4 Å². The van der Waals surface area contributed by atoms with E-state index in [4.69, 9.17) is 16.8 Å². The van der Waals surface area contributed by atoms with E-state index in [0.29, 0.717) is 29.7 Å². The zero-order valence-corrected chi connectivity index (χ0v) is 16.7. The predicted octanol–water partition coefficient (Wildman–Crippen LogP) is 2.62. The highest BCUT2D eigenvalue weighted by Gasteiger charge is 2.26. The number of carbonyl (C=O) groups is 3. The number of halogens is 1. The molecule has 1 unspecified atom stereocenters. The number of hydrogen-bond acceptors (Lipinski definition) is 4. The molecule has 0 spiro atoms. The van der Waals surface area contributed by atoms with Gasteiger partial charge in [-0.1, -0.05) is 31.0 Å². The molecule has 2 rings (SSSR count). The van der Waals surface area contributed by atoms with Gasteiger partial charge in [0.25, 0.3) is 5.91 Å². The highest BCUT2D eigenvalue weighted by molar-refractivity contribution is 6.30. The number of carbonyl (C=O) groups excluding carboxylic acids is 3. The maximum atomic E-state index is 12.6. The molecular formula is C19H27ClN4O4. The van der Waals surface area contributed by atoms with Gasteiger partial charge in [-0.2, -0.15) is 0 Å². The van der Waals surface area contributed by atoms with Gasteiger partial charge in [-0.15, -0.1) is 0 Å². The minimum absolute atomic E-state index is 0.112. The van der Waals surface area contributed by atoms with E-state index in [0.717, 1.165) is 19.3 Å². The Morgan fingerprint density at radius 3 is 2.68 bits per heavy atom. The molecule has 9 heteroatoms. The summed E-state index contributed by atoms with van der Waals surface area (Å²) in [6, 6.07) is 6.43. The molecule has 1 aliphatic carbocycles.